The molecule has 8 nitrogen and oxygen atoms in total. The molecule has 0 atom stereocenters. The summed E-state index contributed by atoms with van der Waals surface area (Å²) in [6.45, 7) is 5.73. The van der Waals surface area contributed by atoms with Crippen LogP contribution in [0.25, 0.3) is 0 Å². The van der Waals surface area contributed by atoms with E-state index in [1.54, 1.807) is 6.92 Å². The van der Waals surface area contributed by atoms with Crippen molar-refractivity contribution in [3.05, 3.63) is 28.1 Å². The van der Waals surface area contributed by atoms with Gasteiger partial charge in [-0.05, 0) is 18.7 Å². The van der Waals surface area contributed by atoms with Crippen LogP contribution in [0.3, 0.4) is 0 Å². The van der Waals surface area contributed by atoms with Crippen LogP contribution in [-0.2, 0) is 4.74 Å². The molecule has 1 N–H and O–H groups in total. The summed E-state index contributed by atoms with van der Waals surface area (Å²) in [5, 5.41) is 7.83. The van der Waals surface area contributed by atoms with Gasteiger partial charge in [0, 0.05) is 12.0 Å². The highest BCUT2D eigenvalue weighted by Gasteiger charge is 2.17. The number of hydrogen-bond acceptors (Lipinski definition) is 8. The first kappa shape index (κ1) is 15.2. The lowest BCUT2D eigenvalue weighted by Crippen LogP contribution is -2.11. The number of nitrogens with zero attached hydrogens (tertiary/aromatic N) is 3. The summed E-state index contributed by atoms with van der Waals surface area (Å²) < 4.78 is 9.90. The van der Waals surface area contributed by atoms with E-state index in [1.165, 1.54) is 6.07 Å². The van der Waals surface area contributed by atoms with Gasteiger partial charge in [0.05, 0.1) is 6.61 Å². The molecule has 0 spiro atoms. The van der Waals surface area contributed by atoms with E-state index in [2.05, 4.69) is 20.2 Å². The van der Waals surface area contributed by atoms with E-state index >= 15 is 0 Å². The highest BCUT2D eigenvalue weighted by Crippen LogP contribution is 2.24. The molecule has 2 aromatic heterocycles. The Morgan fingerprint density at radius 3 is 2.90 bits per heavy atom. The fourth-order valence-electron chi connectivity index (χ4n) is 1.39. The van der Waals surface area contributed by atoms with E-state index in [9.17, 15) is 9.59 Å². The van der Waals surface area contributed by atoms with Gasteiger partial charge in [-0.2, -0.15) is 0 Å². The van der Waals surface area contributed by atoms with Gasteiger partial charge < -0.3 is 14.1 Å². The van der Waals surface area contributed by atoms with Crippen molar-refractivity contribution in [1.29, 1.82) is 0 Å². The molecule has 0 amide bonds. The van der Waals surface area contributed by atoms with Crippen LogP contribution in [0.2, 0.25) is 0 Å². The molecule has 0 aliphatic rings. The molecule has 0 fully saturated rings. The largest absolute Gasteiger partial charge is 0.459 e. The second-order valence-electron chi connectivity index (χ2n) is 4.32. The van der Waals surface area contributed by atoms with Crippen molar-refractivity contribution in [2.75, 3.05) is 6.61 Å². The maximum atomic E-state index is 11.6. The number of aromatic amines is 1. The normalized spacial score (nSPS) is 10.9. The molecular weight excluding hydrogens is 296 g/mol. The zero-order valence-corrected chi connectivity index (χ0v) is 12.6. The van der Waals surface area contributed by atoms with Gasteiger partial charge in [-0.1, -0.05) is 18.9 Å². The van der Waals surface area contributed by atoms with Crippen LogP contribution in [0.4, 0.5) is 0 Å². The highest BCUT2D eigenvalue weighted by molar-refractivity contribution is 7.99. The minimum atomic E-state index is -0.682. The lowest BCUT2D eigenvalue weighted by Gasteiger charge is -2.04. The van der Waals surface area contributed by atoms with Crippen molar-refractivity contribution < 1.29 is 13.9 Å². The Bertz CT molecular complexity index is 695. The molecule has 112 valence electrons. The van der Waals surface area contributed by atoms with Crippen LogP contribution in [-0.4, -0.2) is 32.7 Å². The quantitative estimate of drug-likeness (QED) is 0.655. The van der Waals surface area contributed by atoms with E-state index in [-0.39, 0.29) is 29.2 Å². The second-order valence-corrected chi connectivity index (χ2v) is 5.29. The number of carbonyl (C=O) groups is 1. The van der Waals surface area contributed by atoms with Gasteiger partial charge in [-0.15, -0.1) is 5.10 Å². The predicted molar refractivity (Wildman–Crippen MR) is 73.3 cm³/mol. The molecule has 0 bridgehead atoms. The summed E-state index contributed by atoms with van der Waals surface area (Å²) in [5.41, 5.74) is -0.263. The van der Waals surface area contributed by atoms with E-state index in [0.717, 1.165) is 11.8 Å². The Morgan fingerprint density at radius 1 is 1.48 bits per heavy atom. The summed E-state index contributed by atoms with van der Waals surface area (Å²) in [4.78, 5) is 29.9. The Hall–Kier alpha value is -2.16. The molecule has 2 heterocycles. The Morgan fingerprint density at radius 2 is 2.24 bits per heavy atom. The van der Waals surface area contributed by atoms with Crippen molar-refractivity contribution in [3.63, 3.8) is 0 Å². The molecule has 0 aromatic carbocycles. The molecule has 0 saturated heterocycles. The van der Waals surface area contributed by atoms with Crippen LogP contribution in [0.1, 0.15) is 43.2 Å². The van der Waals surface area contributed by atoms with Crippen LogP contribution in [0.15, 0.2) is 25.5 Å². The van der Waals surface area contributed by atoms with Crippen molar-refractivity contribution in [1.82, 2.24) is 20.2 Å². The van der Waals surface area contributed by atoms with E-state index in [4.69, 9.17) is 9.15 Å². The fraction of sp³-hybridized carbons (Fsp3) is 0.417. The minimum absolute atomic E-state index is 0.0797. The smallest absolute Gasteiger partial charge is 0.396 e. The number of aromatic nitrogens is 4. The second kappa shape index (κ2) is 6.53. The third kappa shape index (κ3) is 3.91. The third-order valence-electron chi connectivity index (χ3n) is 2.33. The van der Waals surface area contributed by atoms with Crippen LogP contribution in [0, 0.1) is 0 Å². The molecule has 2 aromatic rings. The number of hydrogen-bond donors (Lipinski definition) is 1. The molecule has 0 radical (unpaired) electrons. The zero-order valence-electron chi connectivity index (χ0n) is 11.7. The van der Waals surface area contributed by atoms with E-state index in [1.807, 2.05) is 13.8 Å². The molecule has 0 aliphatic carbocycles. The minimum Gasteiger partial charge on any atom is -0.459 e. The molecular formula is C12H14N4O4S. The maximum Gasteiger partial charge on any atom is 0.396 e. The number of carbonyl (C=O) groups excluding carboxylic acids is 1. The van der Waals surface area contributed by atoms with Crippen LogP contribution in [0.5, 0.6) is 0 Å². The van der Waals surface area contributed by atoms with Gasteiger partial charge >= 0.3 is 11.9 Å². The number of H-pyrrole nitrogens is 1. The summed E-state index contributed by atoms with van der Waals surface area (Å²) in [7, 11) is 0. The monoisotopic (exact) mass is 310 g/mol. The standard InChI is InChI=1S/C12H14N4O4S/c1-4-19-11(18)10-15-16-12(20-10)21-8-5-7(17)13-9(14-8)6(2)3/h5-6H,4H2,1-3H3,(H,13,14,17). The average molecular weight is 310 g/mol. The third-order valence-corrected chi connectivity index (χ3v) is 3.09. The molecule has 0 aliphatic heterocycles. The maximum absolute atomic E-state index is 11.6. The Balaban J connectivity index is 2.19. The number of esters is 1. The van der Waals surface area contributed by atoms with Crippen molar-refractivity contribution in [2.24, 2.45) is 0 Å². The van der Waals surface area contributed by atoms with Crippen molar-refractivity contribution in [2.45, 2.75) is 36.9 Å². The lowest BCUT2D eigenvalue weighted by atomic mass is 10.2. The van der Waals surface area contributed by atoms with Gasteiger partial charge in [0.2, 0.25) is 0 Å². The first-order valence-electron chi connectivity index (χ1n) is 6.29. The summed E-state index contributed by atoms with van der Waals surface area (Å²) >= 11 is 1.01. The summed E-state index contributed by atoms with van der Waals surface area (Å²) in [6.07, 6.45) is 0. The highest BCUT2D eigenvalue weighted by atomic mass is 32.2. The summed E-state index contributed by atoms with van der Waals surface area (Å²) in [6, 6.07) is 1.32. The fourth-order valence-corrected chi connectivity index (χ4v) is 2.09. The number of ether oxygens (including phenoxy) is 1. The lowest BCUT2D eigenvalue weighted by molar-refractivity contribution is 0.0475. The average Bonchev–Trinajstić information content (AvgIpc) is 2.87. The Kier molecular flexibility index (Phi) is 4.73. The van der Waals surface area contributed by atoms with E-state index in [0.29, 0.717) is 10.9 Å². The van der Waals surface area contributed by atoms with E-state index < -0.39 is 5.97 Å². The van der Waals surface area contributed by atoms with Gasteiger partial charge in [-0.25, -0.2) is 9.78 Å². The van der Waals surface area contributed by atoms with Gasteiger partial charge in [0.25, 0.3) is 10.8 Å². The topological polar surface area (TPSA) is 111 Å². The van der Waals surface area contributed by atoms with Gasteiger partial charge in [0.15, 0.2) is 0 Å². The first-order valence-corrected chi connectivity index (χ1v) is 7.11. The molecule has 21 heavy (non-hydrogen) atoms. The summed E-state index contributed by atoms with van der Waals surface area (Å²) in [5.74, 6) is -0.266. The molecule has 2 rings (SSSR count). The zero-order chi connectivity index (χ0) is 15.4. The van der Waals surface area contributed by atoms with Crippen molar-refractivity contribution in [3.8, 4) is 0 Å². The molecule has 0 unspecified atom stereocenters. The number of rotatable bonds is 5. The molecule has 0 saturated carbocycles. The van der Waals surface area contributed by atoms with Crippen LogP contribution < -0.4 is 5.56 Å². The SMILES string of the molecule is CCOC(=O)c1nnc(Sc2cc(=O)[nH]c(C(C)C)n2)o1. The van der Waals surface area contributed by atoms with Gasteiger partial charge in [0.1, 0.15) is 10.9 Å². The van der Waals surface area contributed by atoms with Gasteiger partial charge in [-0.3, -0.25) is 4.79 Å². The Labute approximate surface area is 124 Å². The molecule has 9 heteroatoms. The van der Waals surface area contributed by atoms with Crippen LogP contribution >= 0.6 is 11.8 Å². The van der Waals surface area contributed by atoms with Crippen molar-refractivity contribution >= 4 is 17.7 Å². The first-order chi connectivity index (χ1) is 9.99. The predicted octanol–water partition coefficient (Wildman–Crippen LogP) is 1.60. The number of nitrogens with one attached hydrogen (secondary N) is 1.